The first-order chi connectivity index (χ1) is 19.9. The van der Waals surface area contributed by atoms with Gasteiger partial charge in [0, 0.05) is 36.7 Å². The summed E-state index contributed by atoms with van der Waals surface area (Å²) in [6.45, 7) is 14.8. The zero-order chi connectivity index (χ0) is 31.0. The molecule has 0 radical (unpaired) electrons. The fourth-order valence-corrected chi connectivity index (χ4v) is 3.39. The van der Waals surface area contributed by atoms with Crippen molar-refractivity contribution >= 4 is 39.5 Å². The molecule has 0 aliphatic carbocycles. The molecule has 12 nitrogen and oxygen atoms in total. The molecule has 0 saturated heterocycles. The average Bonchev–Trinajstić information content (AvgIpc) is 3.44. The van der Waals surface area contributed by atoms with Crippen LogP contribution in [-0.2, 0) is 0 Å². The minimum atomic E-state index is -0.425. The summed E-state index contributed by atoms with van der Waals surface area (Å²) in [5, 5.41) is 20.2. The zero-order valence-electron chi connectivity index (χ0n) is 24.5. The number of alkyl halides is 1. The van der Waals surface area contributed by atoms with Crippen LogP contribution in [0.1, 0.15) is 63.7 Å². The Hall–Kier alpha value is -2.81. The molecule has 0 saturated carbocycles. The maximum Gasteiger partial charge on any atom is 1.00 e. The summed E-state index contributed by atoms with van der Waals surface area (Å²) in [7, 11) is 0. The molecule has 0 bridgehead atoms. The predicted octanol–water partition coefficient (Wildman–Crippen LogP) is -0.586. The molecule has 2 aliphatic heterocycles. The van der Waals surface area contributed by atoms with E-state index < -0.39 is 11.8 Å². The number of hydrogen-bond donors (Lipinski definition) is 3. The fraction of sp³-hybridized carbons (Fsp3) is 0.321. The molecule has 0 aromatic heterocycles. The number of nitrogens with two attached hydrogens (primary N) is 3. The third kappa shape index (κ3) is 14.4. The average molecular weight is 665 g/mol. The van der Waals surface area contributed by atoms with Crippen molar-refractivity contribution in [1.82, 2.24) is 4.90 Å². The molecule has 0 spiro atoms. The summed E-state index contributed by atoms with van der Waals surface area (Å²) in [4.78, 5) is 45.3. The van der Waals surface area contributed by atoms with Crippen molar-refractivity contribution in [3.63, 3.8) is 0 Å². The summed E-state index contributed by atoms with van der Waals surface area (Å²) in [5.41, 5.74) is 6.82. The van der Waals surface area contributed by atoms with Gasteiger partial charge in [-0.1, -0.05) is 46.3 Å². The van der Waals surface area contributed by atoms with Gasteiger partial charge >= 0.3 is 51.4 Å². The minimum Gasteiger partial charge on any atom is -1.00 e. The van der Waals surface area contributed by atoms with Crippen LogP contribution in [0.3, 0.4) is 0 Å². The number of hydrazine groups is 1. The summed E-state index contributed by atoms with van der Waals surface area (Å²) >= 11 is 3.21. The molecule has 6 N–H and O–H groups in total. The zero-order valence-corrected chi connectivity index (χ0v) is 28.2. The predicted molar refractivity (Wildman–Crippen MR) is 158 cm³/mol. The van der Waals surface area contributed by atoms with E-state index in [1.807, 2.05) is 6.07 Å². The summed E-state index contributed by atoms with van der Waals surface area (Å²) in [6.07, 6.45) is 2.70. The second-order valence-electron chi connectivity index (χ2n) is 7.79. The van der Waals surface area contributed by atoms with Crippen LogP contribution in [0, 0.1) is 24.5 Å². The van der Waals surface area contributed by atoms with E-state index in [1.54, 1.807) is 48.5 Å². The van der Waals surface area contributed by atoms with Gasteiger partial charge in [-0.05, 0) is 42.6 Å². The number of carbonyl (C=O) groups excluding carboxylic acids is 3. The van der Waals surface area contributed by atoms with Crippen LogP contribution in [0.4, 0.5) is 0 Å². The van der Waals surface area contributed by atoms with Crippen LogP contribution >= 0.6 is 15.9 Å². The van der Waals surface area contributed by atoms with Crippen molar-refractivity contribution < 1.29 is 72.3 Å². The van der Waals surface area contributed by atoms with Gasteiger partial charge in [0.1, 0.15) is 0 Å². The second kappa shape index (κ2) is 25.9. The molecule has 42 heavy (non-hydrogen) atoms. The molecule has 0 unspecified atom stereocenters. The van der Waals surface area contributed by atoms with E-state index in [4.69, 9.17) is 24.1 Å². The van der Waals surface area contributed by atoms with Crippen molar-refractivity contribution in [3.05, 3.63) is 93.6 Å². The molecule has 0 atom stereocenters. The topological polar surface area (TPSA) is 200 Å². The normalized spacial score (nSPS) is 11.3. The Morgan fingerprint density at radius 1 is 0.905 bits per heavy atom. The van der Waals surface area contributed by atoms with E-state index >= 15 is 0 Å². The van der Waals surface area contributed by atoms with Crippen LogP contribution in [0.15, 0.2) is 53.5 Å². The first kappa shape index (κ1) is 41.3. The molecular weight excluding hydrogens is 631 g/mol. The standard InChI is InChI=1S/C12H10N2O2.C8H5NO2.C4H6BrN.C4H8N2.K.H4N2.H/c13-7-3-4-8-14-11(15)9-5-1-2-6-10(9)12(14)16;10-7-5-3-1-2-4-6(5)8(11)9-7;2*1-6-4-2-3-5;;1-2;/h1-2,5-6H,3-4,8H2;1-4H,(H,9,10,11);2-4H2;2-5H2;;1-2H2;/q;;;;+1;;-1/p-1. The van der Waals surface area contributed by atoms with E-state index in [9.17, 15) is 19.5 Å². The Kier molecular flexibility index (Phi) is 25.4. The van der Waals surface area contributed by atoms with E-state index in [2.05, 4.69) is 42.3 Å². The number of fused-ring (bicyclic) bond motifs is 2. The number of aliphatic imine (C=N–C) groups is 1. The smallest absolute Gasteiger partial charge is 1.00 e. The van der Waals surface area contributed by atoms with Gasteiger partial charge in [-0.3, -0.25) is 31.0 Å². The Labute approximate surface area is 298 Å². The van der Waals surface area contributed by atoms with E-state index in [-0.39, 0.29) is 64.6 Å². The first-order valence-corrected chi connectivity index (χ1v) is 13.5. The molecular formula is C28H33BrKN8O4-. The molecule has 2 aromatic rings. The van der Waals surface area contributed by atoms with Gasteiger partial charge in [0.05, 0.1) is 17.2 Å². The summed E-state index contributed by atoms with van der Waals surface area (Å²) in [5.74, 6) is 6.65. The molecule has 2 aromatic carbocycles. The van der Waals surface area contributed by atoms with E-state index in [1.165, 1.54) is 4.90 Å². The molecule has 0 fully saturated rings. The maximum atomic E-state index is 11.8. The van der Waals surface area contributed by atoms with Gasteiger partial charge in [0.2, 0.25) is 13.1 Å². The summed E-state index contributed by atoms with van der Waals surface area (Å²) in [6, 6.07) is 15.4. The monoisotopic (exact) mass is 663 g/mol. The van der Waals surface area contributed by atoms with Crippen molar-refractivity contribution in [3.8, 4) is 6.07 Å². The SMILES string of the molecule is N#CCCCN1C(=O)c2ccccc2C1=O.NN.O=C1N=C([O-])c2ccccc21.[C-]#[N+]CCCBr.[C-]#[N+]CCCN.[H-].[K+]. The third-order valence-corrected chi connectivity index (χ3v) is 5.58. The number of carbonyl (C=O) groups is 3. The van der Waals surface area contributed by atoms with Crippen molar-refractivity contribution in [2.24, 2.45) is 22.4 Å². The largest absolute Gasteiger partial charge is 1.00 e. The molecule has 4 rings (SSSR count). The number of imide groups is 1. The summed E-state index contributed by atoms with van der Waals surface area (Å²) < 4.78 is 0. The number of amides is 3. The number of benzene rings is 2. The Bertz CT molecular complexity index is 1260. The van der Waals surface area contributed by atoms with Crippen molar-refractivity contribution in [1.29, 1.82) is 5.26 Å². The number of hydrogen-bond acceptors (Lipinski definition) is 8. The number of rotatable bonds is 7. The molecule has 218 valence electrons. The Balaban J connectivity index is -0.000000520. The van der Waals surface area contributed by atoms with Crippen LogP contribution in [0.25, 0.3) is 9.69 Å². The fourth-order valence-electron chi connectivity index (χ4n) is 3.14. The van der Waals surface area contributed by atoms with Gasteiger partial charge in [0.25, 0.3) is 17.7 Å². The van der Waals surface area contributed by atoms with Crippen LogP contribution in [-0.4, -0.2) is 60.0 Å². The molecule has 2 heterocycles. The minimum absolute atomic E-state index is 0. The van der Waals surface area contributed by atoms with Gasteiger partial charge in [-0.25, -0.2) is 18.1 Å². The van der Waals surface area contributed by atoms with Gasteiger partial charge in [0.15, 0.2) is 0 Å². The van der Waals surface area contributed by atoms with E-state index in [0.717, 1.165) is 18.2 Å². The number of halogens is 1. The number of nitrogens with zero attached hydrogens (tertiary/aromatic N) is 5. The van der Waals surface area contributed by atoms with Crippen LogP contribution < -0.4 is 73.9 Å². The first-order valence-electron chi connectivity index (χ1n) is 12.3. The third-order valence-electron chi connectivity index (χ3n) is 5.02. The van der Waals surface area contributed by atoms with Crippen LogP contribution in [0.2, 0.25) is 0 Å². The van der Waals surface area contributed by atoms with E-state index in [0.29, 0.717) is 61.3 Å². The second-order valence-corrected chi connectivity index (χ2v) is 8.58. The molecule has 14 heteroatoms. The Morgan fingerprint density at radius 2 is 1.38 bits per heavy atom. The van der Waals surface area contributed by atoms with Crippen molar-refractivity contribution in [2.75, 3.05) is 31.5 Å². The van der Waals surface area contributed by atoms with Gasteiger partial charge in [-0.15, -0.1) is 0 Å². The van der Waals surface area contributed by atoms with Crippen molar-refractivity contribution in [2.45, 2.75) is 25.7 Å². The molecule has 3 amide bonds. The van der Waals surface area contributed by atoms with Gasteiger partial charge < -0.3 is 22.0 Å². The quantitative estimate of drug-likeness (QED) is 0.0664. The Morgan fingerprint density at radius 3 is 1.76 bits per heavy atom. The van der Waals surface area contributed by atoms with Gasteiger partial charge in [-0.2, -0.15) is 5.26 Å². The number of nitriles is 1. The molecule has 2 aliphatic rings. The maximum absolute atomic E-state index is 11.8. The number of unbranched alkanes of at least 4 members (excludes halogenated alkanes) is 1. The van der Waals surface area contributed by atoms with Crippen LogP contribution in [0.5, 0.6) is 0 Å².